The van der Waals surface area contributed by atoms with Gasteiger partial charge in [0.05, 0.1) is 18.9 Å². The lowest BCUT2D eigenvalue weighted by molar-refractivity contribution is -0.112. The van der Waals surface area contributed by atoms with E-state index < -0.39 is 11.7 Å². The Morgan fingerprint density at radius 2 is 1.81 bits per heavy atom. The topological polar surface area (TPSA) is 105 Å². The number of rotatable bonds is 6. The molecule has 3 aromatic heterocycles. The maximum Gasteiger partial charge on any atom is 0.250 e. The van der Waals surface area contributed by atoms with Crippen LogP contribution in [0.4, 0.5) is 27.4 Å². The van der Waals surface area contributed by atoms with E-state index in [2.05, 4.69) is 42.6 Å². The van der Waals surface area contributed by atoms with Crippen LogP contribution >= 0.6 is 0 Å². The second kappa shape index (κ2) is 10.4. The van der Waals surface area contributed by atoms with Crippen LogP contribution < -0.4 is 15.5 Å². The molecule has 0 aliphatic carbocycles. The minimum Gasteiger partial charge on any atom is -0.378 e. The van der Waals surface area contributed by atoms with E-state index in [-0.39, 0.29) is 0 Å². The van der Waals surface area contributed by atoms with Gasteiger partial charge in [-0.05, 0) is 49.4 Å². The van der Waals surface area contributed by atoms with Gasteiger partial charge < -0.3 is 20.3 Å². The fourth-order valence-corrected chi connectivity index (χ4v) is 3.91. The SMILES string of the molecule is C/C(F)=C/C(=O)Nc1ccnc(-c2nccc3cnc(Nc4ccc(N5CCOCC5)cc4)nc23)c1. The highest BCUT2D eigenvalue weighted by Crippen LogP contribution is 2.27. The van der Waals surface area contributed by atoms with E-state index in [1.165, 1.54) is 6.92 Å². The number of hydrogen-bond acceptors (Lipinski definition) is 8. The first kappa shape index (κ1) is 23.3. The van der Waals surface area contributed by atoms with Crippen LogP contribution in [0.25, 0.3) is 22.3 Å². The summed E-state index contributed by atoms with van der Waals surface area (Å²) in [5.74, 6) is -0.722. The fourth-order valence-electron chi connectivity index (χ4n) is 3.91. The van der Waals surface area contributed by atoms with Crippen molar-refractivity contribution in [1.82, 2.24) is 19.9 Å². The lowest BCUT2D eigenvalue weighted by Gasteiger charge is -2.28. The number of fused-ring (bicyclic) bond motifs is 1. The first-order valence-electron chi connectivity index (χ1n) is 11.5. The molecule has 4 heterocycles. The molecule has 9 nitrogen and oxygen atoms in total. The Labute approximate surface area is 207 Å². The Kier molecular flexibility index (Phi) is 6.76. The molecule has 5 rings (SSSR count). The van der Waals surface area contributed by atoms with Crippen molar-refractivity contribution >= 4 is 39.8 Å². The average molecular weight is 486 g/mol. The van der Waals surface area contributed by atoms with E-state index >= 15 is 0 Å². The molecule has 2 N–H and O–H groups in total. The summed E-state index contributed by atoms with van der Waals surface area (Å²) < 4.78 is 18.4. The summed E-state index contributed by atoms with van der Waals surface area (Å²) in [5.41, 5.74) is 4.12. The molecule has 0 saturated carbocycles. The maximum absolute atomic E-state index is 13.0. The molecule has 0 radical (unpaired) electrons. The fraction of sp³-hybridized carbons (Fsp3) is 0.192. The van der Waals surface area contributed by atoms with Crippen molar-refractivity contribution in [2.24, 2.45) is 0 Å². The summed E-state index contributed by atoms with van der Waals surface area (Å²) in [6, 6.07) is 13.2. The van der Waals surface area contributed by atoms with Crippen LogP contribution in [0.2, 0.25) is 0 Å². The number of allylic oxidation sites excluding steroid dienone is 1. The van der Waals surface area contributed by atoms with Gasteiger partial charge in [0.15, 0.2) is 0 Å². The Morgan fingerprint density at radius 1 is 1.03 bits per heavy atom. The number of anilines is 4. The van der Waals surface area contributed by atoms with Gasteiger partial charge in [-0.1, -0.05) is 0 Å². The minimum absolute atomic E-state index is 0.420. The Hall–Kier alpha value is -4.44. The summed E-state index contributed by atoms with van der Waals surface area (Å²) >= 11 is 0. The van der Waals surface area contributed by atoms with Gasteiger partial charge in [0.1, 0.15) is 17.0 Å². The standard InChI is InChI=1S/C26H24FN7O2/c1-17(27)14-23(35)31-20-7-9-28-22(15-20)25-24-18(6-8-29-25)16-30-26(33-24)32-19-2-4-21(5-3-19)34-10-12-36-13-11-34/h2-9,14-16H,10-13H2,1H3,(H,28,31,35)(H,30,32,33)/b17-14-. The van der Waals surface area contributed by atoms with E-state index in [4.69, 9.17) is 9.72 Å². The second-order valence-electron chi connectivity index (χ2n) is 8.21. The van der Waals surface area contributed by atoms with Crippen LogP contribution in [0.5, 0.6) is 0 Å². The number of aromatic nitrogens is 4. The van der Waals surface area contributed by atoms with Crippen molar-refractivity contribution in [3.05, 3.63) is 73.0 Å². The summed E-state index contributed by atoms with van der Waals surface area (Å²) in [4.78, 5) is 32.2. The molecule has 0 spiro atoms. The number of carbonyl (C=O) groups excluding carboxylic acids is 1. The number of nitrogens with zero attached hydrogens (tertiary/aromatic N) is 5. The van der Waals surface area contributed by atoms with Gasteiger partial charge in [-0.2, -0.15) is 0 Å². The third kappa shape index (κ3) is 5.44. The van der Waals surface area contributed by atoms with Crippen molar-refractivity contribution in [2.75, 3.05) is 41.8 Å². The summed E-state index contributed by atoms with van der Waals surface area (Å²) in [6.07, 6.45) is 5.81. The molecule has 1 aliphatic heterocycles. The number of benzene rings is 1. The van der Waals surface area contributed by atoms with Crippen molar-refractivity contribution < 1.29 is 13.9 Å². The lowest BCUT2D eigenvalue weighted by atomic mass is 10.1. The first-order chi connectivity index (χ1) is 17.5. The van der Waals surface area contributed by atoms with Gasteiger partial charge in [0, 0.05) is 60.2 Å². The second-order valence-corrected chi connectivity index (χ2v) is 8.21. The number of nitrogens with one attached hydrogen (secondary N) is 2. The van der Waals surface area contributed by atoms with E-state index in [1.54, 1.807) is 30.7 Å². The smallest absolute Gasteiger partial charge is 0.250 e. The van der Waals surface area contributed by atoms with Crippen LogP contribution in [-0.4, -0.2) is 52.1 Å². The van der Waals surface area contributed by atoms with Gasteiger partial charge in [0.25, 0.3) is 5.91 Å². The highest BCUT2D eigenvalue weighted by molar-refractivity contribution is 6.00. The predicted octanol–water partition coefficient (Wildman–Crippen LogP) is 4.48. The molecule has 1 fully saturated rings. The monoisotopic (exact) mass is 485 g/mol. The molecule has 1 aliphatic rings. The Morgan fingerprint density at radius 3 is 2.58 bits per heavy atom. The van der Waals surface area contributed by atoms with Gasteiger partial charge in [0.2, 0.25) is 5.95 Å². The molecular weight excluding hydrogens is 461 g/mol. The summed E-state index contributed by atoms with van der Waals surface area (Å²) in [6.45, 7) is 4.43. The zero-order valence-corrected chi connectivity index (χ0v) is 19.6. The molecule has 10 heteroatoms. The molecule has 1 saturated heterocycles. The highest BCUT2D eigenvalue weighted by atomic mass is 19.1. The van der Waals surface area contributed by atoms with E-state index in [0.29, 0.717) is 28.5 Å². The van der Waals surface area contributed by atoms with Gasteiger partial charge in [-0.3, -0.25) is 14.8 Å². The summed E-state index contributed by atoms with van der Waals surface area (Å²) in [7, 11) is 0. The van der Waals surface area contributed by atoms with Crippen molar-refractivity contribution in [3.63, 3.8) is 0 Å². The first-order valence-corrected chi connectivity index (χ1v) is 11.5. The van der Waals surface area contributed by atoms with Crippen molar-refractivity contribution in [3.8, 4) is 11.4 Å². The predicted molar refractivity (Wildman–Crippen MR) is 137 cm³/mol. The van der Waals surface area contributed by atoms with Crippen molar-refractivity contribution in [1.29, 1.82) is 0 Å². The van der Waals surface area contributed by atoms with E-state index in [1.807, 2.05) is 18.2 Å². The molecule has 182 valence electrons. The number of ether oxygens (including phenoxy) is 1. The van der Waals surface area contributed by atoms with E-state index in [0.717, 1.165) is 49.1 Å². The third-order valence-electron chi connectivity index (χ3n) is 5.60. The molecular formula is C26H24FN7O2. The number of morpholine rings is 1. The number of amides is 1. The van der Waals surface area contributed by atoms with E-state index in [9.17, 15) is 9.18 Å². The quantitative estimate of drug-likeness (QED) is 0.385. The summed E-state index contributed by atoms with van der Waals surface area (Å²) in [5, 5.41) is 6.67. The molecule has 1 amide bonds. The number of carbonyl (C=O) groups is 1. The van der Waals surface area contributed by atoms with Gasteiger partial charge >= 0.3 is 0 Å². The normalized spacial score (nSPS) is 14.1. The Balaban J connectivity index is 1.39. The van der Waals surface area contributed by atoms with Crippen molar-refractivity contribution in [2.45, 2.75) is 6.92 Å². The van der Waals surface area contributed by atoms with Crippen LogP contribution in [0.1, 0.15) is 6.92 Å². The number of pyridine rings is 2. The zero-order chi connectivity index (χ0) is 24.9. The molecule has 0 unspecified atom stereocenters. The molecule has 36 heavy (non-hydrogen) atoms. The lowest BCUT2D eigenvalue weighted by Crippen LogP contribution is -2.36. The van der Waals surface area contributed by atoms with Crippen LogP contribution in [0, 0.1) is 0 Å². The molecule has 0 atom stereocenters. The molecule has 1 aromatic carbocycles. The van der Waals surface area contributed by atoms with Gasteiger partial charge in [-0.25, -0.2) is 14.4 Å². The van der Waals surface area contributed by atoms with Crippen LogP contribution in [-0.2, 0) is 9.53 Å². The number of hydrogen-bond donors (Lipinski definition) is 2. The highest BCUT2D eigenvalue weighted by Gasteiger charge is 2.13. The maximum atomic E-state index is 13.0. The largest absolute Gasteiger partial charge is 0.378 e. The Bertz CT molecular complexity index is 1420. The van der Waals surface area contributed by atoms with Crippen LogP contribution in [0.3, 0.4) is 0 Å². The molecule has 0 bridgehead atoms. The number of halogens is 1. The van der Waals surface area contributed by atoms with Crippen LogP contribution in [0.15, 0.2) is 73.0 Å². The molecule has 4 aromatic rings. The third-order valence-corrected chi connectivity index (χ3v) is 5.60. The minimum atomic E-state index is -0.579. The zero-order valence-electron chi connectivity index (χ0n) is 19.6. The van der Waals surface area contributed by atoms with Gasteiger partial charge in [-0.15, -0.1) is 0 Å². The average Bonchev–Trinajstić information content (AvgIpc) is 2.89.